The van der Waals surface area contributed by atoms with E-state index >= 15 is 0 Å². The summed E-state index contributed by atoms with van der Waals surface area (Å²) in [5, 5.41) is 0. The molecule has 1 aliphatic carbocycles. The first-order valence-electron chi connectivity index (χ1n) is 7.67. The normalized spacial score (nSPS) is 17.4. The lowest BCUT2D eigenvalue weighted by molar-refractivity contribution is 0.0169. The Bertz CT molecular complexity index is 520. The van der Waals surface area contributed by atoms with Gasteiger partial charge in [-0.1, -0.05) is 13.0 Å². The SMILES string of the molecule is CCCN(C(=O)OC(C)(C)C)[C@@H]1Cc2ccc(N)cc2C1. The van der Waals surface area contributed by atoms with E-state index in [4.69, 9.17) is 10.5 Å². The predicted octanol–water partition coefficient (Wildman–Crippen LogP) is 3.38. The molecule has 1 aliphatic rings. The van der Waals surface area contributed by atoms with Crippen LogP contribution >= 0.6 is 0 Å². The van der Waals surface area contributed by atoms with E-state index in [1.807, 2.05) is 37.8 Å². The lowest BCUT2D eigenvalue weighted by Gasteiger charge is -2.31. The second-order valence-electron chi connectivity index (χ2n) is 6.76. The van der Waals surface area contributed by atoms with E-state index in [2.05, 4.69) is 13.0 Å². The number of benzene rings is 1. The van der Waals surface area contributed by atoms with Gasteiger partial charge in [-0.25, -0.2) is 4.79 Å². The average molecular weight is 290 g/mol. The number of amides is 1. The third-order valence-corrected chi connectivity index (χ3v) is 3.67. The summed E-state index contributed by atoms with van der Waals surface area (Å²) in [6, 6.07) is 6.20. The van der Waals surface area contributed by atoms with Crippen LogP contribution in [-0.4, -0.2) is 29.2 Å². The van der Waals surface area contributed by atoms with Gasteiger partial charge in [-0.05, 0) is 63.3 Å². The van der Waals surface area contributed by atoms with Crippen molar-refractivity contribution in [2.24, 2.45) is 0 Å². The number of carbonyl (C=O) groups excluding carboxylic acids is 1. The summed E-state index contributed by atoms with van der Waals surface area (Å²) in [7, 11) is 0. The molecule has 116 valence electrons. The number of ether oxygens (including phenoxy) is 1. The molecule has 0 heterocycles. The zero-order valence-electron chi connectivity index (χ0n) is 13.5. The van der Waals surface area contributed by atoms with Gasteiger partial charge in [-0.2, -0.15) is 0 Å². The zero-order valence-corrected chi connectivity index (χ0v) is 13.5. The number of hydrogen-bond acceptors (Lipinski definition) is 3. The predicted molar refractivity (Wildman–Crippen MR) is 85.3 cm³/mol. The fourth-order valence-electron chi connectivity index (χ4n) is 2.82. The van der Waals surface area contributed by atoms with Gasteiger partial charge in [0.25, 0.3) is 0 Å². The van der Waals surface area contributed by atoms with E-state index < -0.39 is 5.60 Å². The summed E-state index contributed by atoms with van der Waals surface area (Å²) in [4.78, 5) is 14.3. The van der Waals surface area contributed by atoms with Gasteiger partial charge < -0.3 is 15.4 Å². The van der Waals surface area contributed by atoms with Crippen LogP contribution in [0.3, 0.4) is 0 Å². The van der Waals surface area contributed by atoms with E-state index in [0.29, 0.717) is 0 Å². The zero-order chi connectivity index (χ0) is 15.6. The molecule has 2 rings (SSSR count). The number of anilines is 1. The molecule has 0 saturated heterocycles. The molecule has 4 nitrogen and oxygen atoms in total. The van der Waals surface area contributed by atoms with Crippen molar-refractivity contribution in [2.75, 3.05) is 12.3 Å². The van der Waals surface area contributed by atoms with Gasteiger partial charge in [0.05, 0.1) is 0 Å². The molecular weight excluding hydrogens is 264 g/mol. The van der Waals surface area contributed by atoms with E-state index in [-0.39, 0.29) is 12.1 Å². The fraction of sp³-hybridized carbons (Fsp3) is 0.588. The van der Waals surface area contributed by atoms with Crippen LogP contribution < -0.4 is 5.73 Å². The fourth-order valence-corrected chi connectivity index (χ4v) is 2.82. The summed E-state index contributed by atoms with van der Waals surface area (Å²) in [5.41, 5.74) is 8.72. The van der Waals surface area contributed by atoms with Gasteiger partial charge in [-0.3, -0.25) is 0 Å². The van der Waals surface area contributed by atoms with E-state index in [1.165, 1.54) is 11.1 Å². The number of fused-ring (bicyclic) bond motifs is 1. The quantitative estimate of drug-likeness (QED) is 0.868. The number of hydrogen-bond donors (Lipinski definition) is 1. The molecule has 1 amide bonds. The monoisotopic (exact) mass is 290 g/mol. The smallest absolute Gasteiger partial charge is 0.410 e. The standard InChI is InChI=1S/C17H26N2O2/c1-5-8-19(16(20)21-17(2,3)4)15-10-12-6-7-14(18)9-13(12)11-15/h6-7,9,15H,5,8,10-11,18H2,1-4H3/t15-/m1/s1. The van der Waals surface area contributed by atoms with Gasteiger partial charge in [0.15, 0.2) is 0 Å². The van der Waals surface area contributed by atoms with Gasteiger partial charge in [0.2, 0.25) is 0 Å². The molecule has 0 bridgehead atoms. The first-order chi connectivity index (χ1) is 9.80. The Morgan fingerprint density at radius 3 is 2.62 bits per heavy atom. The van der Waals surface area contributed by atoms with Crippen LogP contribution in [0.4, 0.5) is 10.5 Å². The summed E-state index contributed by atoms with van der Waals surface area (Å²) < 4.78 is 5.55. The minimum Gasteiger partial charge on any atom is -0.444 e. The first kappa shape index (κ1) is 15.7. The Kier molecular flexibility index (Phi) is 4.45. The topological polar surface area (TPSA) is 55.6 Å². The Morgan fingerprint density at radius 1 is 1.33 bits per heavy atom. The summed E-state index contributed by atoms with van der Waals surface area (Å²) in [6.07, 6.45) is 2.46. The molecule has 0 radical (unpaired) electrons. The third-order valence-electron chi connectivity index (χ3n) is 3.67. The second-order valence-corrected chi connectivity index (χ2v) is 6.76. The number of rotatable bonds is 3. The summed E-state index contributed by atoms with van der Waals surface area (Å²) >= 11 is 0. The Labute approximate surface area is 127 Å². The maximum atomic E-state index is 12.4. The van der Waals surface area contributed by atoms with Crippen LogP contribution in [0.25, 0.3) is 0 Å². The minimum absolute atomic E-state index is 0.177. The molecule has 0 fully saturated rings. The largest absolute Gasteiger partial charge is 0.444 e. The van der Waals surface area contributed by atoms with E-state index in [1.54, 1.807) is 0 Å². The summed E-state index contributed by atoms with van der Waals surface area (Å²) in [5.74, 6) is 0. The molecule has 1 aromatic rings. The number of nitrogens with two attached hydrogens (primary N) is 1. The molecular formula is C17H26N2O2. The van der Waals surface area contributed by atoms with Crippen LogP contribution in [0, 0.1) is 0 Å². The maximum Gasteiger partial charge on any atom is 0.410 e. The molecule has 0 spiro atoms. The molecule has 4 heteroatoms. The van der Waals surface area contributed by atoms with Crippen molar-refractivity contribution in [3.05, 3.63) is 29.3 Å². The summed E-state index contributed by atoms with van der Waals surface area (Å²) in [6.45, 7) is 8.51. The van der Waals surface area contributed by atoms with Crippen molar-refractivity contribution in [1.29, 1.82) is 0 Å². The third kappa shape index (κ3) is 3.90. The Morgan fingerprint density at radius 2 is 2.00 bits per heavy atom. The van der Waals surface area contributed by atoms with Crippen LogP contribution in [0.2, 0.25) is 0 Å². The maximum absolute atomic E-state index is 12.4. The highest BCUT2D eigenvalue weighted by Gasteiger charge is 2.32. The van der Waals surface area contributed by atoms with Crippen LogP contribution in [0.1, 0.15) is 45.2 Å². The lowest BCUT2D eigenvalue weighted by atomic mass is 10.1. The number of nitrogen functional groups attached to an aromatic ring is 1. The van der Waals surface area contributed by atoms with Gasteiger partial charge in [0.1, 0.15) is 5.60 Å². The van der Waals surface area contributed by atoms with Gasteiger partial charge in [0, 0.05) is 18.3 Å². The van der Waals surface area contributed by atoms with Crippen LogP contribution in [0.5, 0.6) is 0 Å². The Balaban J connectivity index is 2.12. The van der Waals surface area contributed by atoms with Gasteiger partial charge in [-0.15, -0.1) is 0 Å². The molecule has 21 heavy (non-hydrogen) atoms. The molecule has 0 aliphatic heterocycles. The first-order valence-corrected chi connectivity index (χ1v) is 7.67. The molecule has 1 atom stereocenters. The molecule has 0 aromatic heterocycles. The van der Waals surface area contributed by atoms with Crippen molar-refractivity contribution in [3.63, 3.8) is 0 Å². The second kappa shape index (κ2) is 5.96. The molecule has 1 aromatic carbocycles. The van der Waals surface area contributed by atoms with E-state index in [9.17, 15) is 4.79 Å². The van der Waals surface area contributed by atoms with Crippen molar-refractivity contribution in [2.45, 2.75) is 58.6 Å². The van der Waals surface area contributed by atoms with E-state index in [0.717, 1.165) is 31.5 Å². The molecule has 2 N–H and O–H groups in total. The van der Waals surface area contributed by atoms with Crippen LogP contribution in [-0.2, 0) is 17.6 Å². The average Bonchev–Trinajstić information content (AvgIpc) is 2.75. The highest BCUT2D eigenvalue weighted by molar-refractivity contribution is 5.69. The van der Waals surface area contributed by atoms with Crippen molar-refractivity contribution in [1.82, 2.24) is 4.90 Å². The van der Waals surface area contributed by atoms with Gasteiger partial charge >= 0.3 is 6.09 Å². The molecule has 0 saturated carbocycles. The Hall–Kier alpha value is -1.71. The highest BCUT2D eigenvalue weighted by atomic mass is 16.6. The van der Waals surface area contributed by atoms with Crippen molar-refractivity contribution < 1.29 is 9.53 Å². The van der Waals surface area contributed by atoms with Crippen molar-refractivity contribution >= 4 is 11.8 Å². The van der Waals surface area contributed by atoms with Crippen molar-refractivity contribution in [3.8, 4) is 0 Å². The van der Waals surface area contributed by atoms with Crippen LogP contribution in [0.15, 0.2) is 18.2 Å². The highest BCUT2D eigenvalue weighted by Crippen LogP contribution is 2.28. The number of carbonyl (C=O) groups is 1. The molecule has 0 unspecified atom stereocenters. The minimum atomic E-state index is -0.459. The lowest BCUT2D eigenvalue weighted by Crippen LogP contribution is -2.44. The number of nitrogens with zero attached hydrogens (tertiary/aromatic N) is 1.